The van der Waals surface area contributed by atoms with Gasteiger partial charge in [-0.2, -0.15) is 13.2 Å². The number of nitrogens with one attached hydrogen (secondary N) is 2. The number of H-pyrrole nitrogens is 1. The molecular weight excluding hydrogens is 465 g/mol. The molecule has 1 fully saturated rings. The van der Waals surface area contributed by atoms with E-state index < -0.39 is 17.2 Å². The van der Waals surface area contributed by atoms with Gasteiger partial charge in [-0.15, -0.1) is 0 Å². The Kier molecular flexibility index (Phi) is 7.79. The van der Waals surface area contributed by atoms with Crippen LogP contribution in [0.1, 0.15) is 69.1 Å². The standard InChI is InChI=1S/C29H35F3N2O2/c1-4-14-33-26(5-2)28(21-7-6-8-22(18-21)29(30,31)32)12-9-23(10-13-28)36-25-17-20-11-15-34-27(35)24(20)16-19(25)3/h6-8,11,15-18,23,26,33H,4-5,9-10,12-14H2,1-3H3,(H,34,35)/t23-,26-,28-/m1/s1. The molecule has 0 saturated heterocycles. The molecule has 2 aromatic carbocycles. The molecule has 3 aromatic rings. The van der Waals surface area contributed by atoms with E-state index in [9.17, 15) is 18.0 Å². The second kappa shape index (κ2) is 10.7. The van der Waals surface area contributed by atoms with Gasteiger partial charge in [-0.25, -0.2) is 0 Å². The van der Waals surface area contributed by atoms with Crippen LogP contribution in [0.25, 0.3) is 10.8 Å². The number of pyridine rings is 1. The van der Waals surface area contributed by atoms with Crippen LogP contribution in [0.3, 0.4) is 0 Å². The number of rotatable bonds is 8. The Morgan fingerprint density at radius 3 is 2.56 bits per heavy atom. The van der Waals surface area contributed by atoms with Crippen LogP contribution in [0, 0.1) is 6.92 Å². The molecule has 0 radical (unpaired) electrons. The molecule has 4 nitrogen and oxygen atoms in total. The number of ether oxygens (including phenoxy) is 1. The van der Waals surface area contributed by atoms with Crippen molar-refractivity contribution < 1.29 is 17.9 Å². The topological polar surface area (TPSA) is 54.1 Å². The molecule has 1 aliphatic rings. The predicted molar refractivity (Wildman–Crippen MR) is 138 cm³/mol. The molecule has 1 aromatic heterocycles. The van der Waals surface area contributed by atoms with Crippen molar-refractivity contribution in [3.8, 4) is 5.75 Å². The number of benzene rings is 2. The summed E-state index contributed by atoms with van der Waals surface area (Å²) in [6.07, 6.45) is 1.98. The highest BCUT2D eigenvalue weighted by Crippen LogP contribution is 2.45. The van der Waals surface area contributed by atoms with Crippen LogP contribution in [0.2, 0.25) is 0 Å². The zero-order valence-corrected chi connectivity index (χ0v) is 21.2. The van der Waals surface area contributed by atoms with Crippen LogP contribution in [-0.4, -0.2) is 23.7 Å². The van der Waals surface area contributed by atoms with Crippen molar-refractivity contribution in [3.63, 3.8) is 0 Å². The van der Waals surface area contributed by atoms with Gasteiger partial charge in [0, 0.05) is 23.0 Å². The lowest BCUT2D eigenvalue weighted by atomic mass is 9.63. The molecule has 0 bridgehead atoms. The van der Waals surface area contributed by atoms with Gasteiger partial charge in [-0.3, -0.25) is 4.79 Å². The van der Waals surface area contributed by atoms with Gasteiger partial charge < -0.3 is 15.0 Å². The Labute approximate surface area is 210 Å². The van der Waals surface area contributed by atoms with Gasteiger partial charge in [0.05, 0.1) is 11.7 Å². The first-order valence-electron chi connectivity index (χ1n) is 12.9. The summed E-state index contributed by atoms with van der Waals surface area (Å²) >= 11 is 0. The van der Waals surface area contributed by atoms with E-state index in [1.54, 1.807) is 6.20 Å². The lowest BCUT2D eigenvalue weighted by Gasteiger charge is -2.46. The number of aryl methyl sites for hydroxylation is 1. The summed E-state index contributed by atoms with van der Waals surface area (Å²) in [5, 5.41) is 5.08. The molecule has 4 rings (SSSR count). The van der Waals surface area contributed by atoms with Gasteiger partial charge in [-0.1, -0.05) is 32.0 Å². The van der Waals surface area contributed by atoms with Crippen molar-refractivity contribution in [2.45, 2.75) is 83.0 Å². The van der Waals surface area contributed by atoms with E-state index in [-0.39, 0.29) is 17.7 Å². The average molecular weight is 501 g/mol. The molecule has 194 valence electrons. The summed E-state index contributed by atoms with van der Waals surface area (Å²) in [4.78, 5) is 14.8. The van der Waals surface area contributed by atoms with Crippen molar-refractivity contribution >= 4 is 10.8 Å². The fraction of sp³-hybridized carbons (Fsp3) is 0.483. The van der Waals surface area contributed by atoms with Gasteiger partial charge in [-0.05, 0) is 92.8 Å². The first-order valence-corrected chi connectivity index (χ1v) is 12.9. The fourth-order valence-corrected chi connectivity index (χ4v) is 5.75. The van der Waals surface area contributed by atoms with E-state index in [1.165, 1.54) is 12.1 Å². The molecule has 36 heavy (non-hydrogen) atoms. The van der Waals surface area contributed by atoms with Crippen molar-refractivity contribution in [3.05, 3.63) is 75.7 Å². The Bertz CT molecular complexity index is 1240. The van der Waals surface area contributed by atoms with E-state index in [2.05, 4.69) is 24.1 Å². The largest absolute Gasteiger partial charge is 0.490 e. The number of fused-ring (bicyclic) bond motifs is 1. The third kappa shape index (κ3) is 5.31. The molecular formula is C29H35F3N2O2. The molecule has 1 atom stereocenters. The third-order valence-electron chi connectivity index (χ3n) is 7.67. The lowest BCUT2D eigenvalue weighted by molar-refractivity contribution is -0.137. The molecule has 0 amide bonds. The minimum absolute atomic E-state index is 0.0363. The van der Waals surface area contributed by atoms with E-state index in [4.69, 9.17) is 4.74 Å². The van der Waals surface area contributed by atoms with Gasteiger partial charge >= 0.3 is 6.18 Å². The number of hydrogen-bond acceptors (Lipinski definition) is 3. The van der Waals surface area contributed by atoms with Crippen molar-refractivity contribution in [1.29, 1.82) is 0 Å². The molecule has 0 aliphatic heterocycles. The zero-order chi connectivity index (χ0) is 25.9. The summed E-state index contributed by atoms with van der Waals surface area (Å²) in [5.74, 6) is 0.751. The predicted octanol–water partition coefficient (Wildman–Crippen LogP) is 6.89. The summed E-state index contributed by atoms with van der Waals surface area (Å²) in [7, 11) is 0. The molecule has 2 N–H and O–H groups in total. The van der Waals surface area contributed by atoms with Crippen LogP contribution in [0.4, 0.5) is 13.2 Å². The number of halogens is 3. The van der Waals surface area contributed by atoms with Gasteiger partial charge in [0.15, 0.2) is 0 Å². The van der Waals surface area contributed by atoms with Gasteiger partial charge in [0.1, 0.15) is 5.75 Å². The molecule has 1 aliphatic carbocycles. The average Bonchev–Trinajstić information content (AvgIpc) is 2.86. The highest BCUT2D eigenvalue weighted by Gasteiger charge is 2.44. The number of aromatic amines is 1. The van der Waals surface area contributed by atoms with Crippen molar-refractivity contribution in [1.82, 2.24) is 10.3 Å². The maximum absolute atomic E-state index is 13.6. The monoisotopic (exact) mass is 500 g/mol. The summed E-state index contributed by atoms with van der Waals surface area (Å²) in [5.41, 5.74) is 0.537. The SMILES string of the molecule is CCCN[C@H](CC)[C@]1(c2cccc(C(F)(F)F)c2)CC[C@@H](Oc2cc3cc[nH]c(=O)c3cc2C)CC1. The Hall–Kier alpha value is -2.80. The second-order valence-corrected chi connectivity index (χ2v) is 9.98. The number of aromatic nitrogens is 1. The molecule has 1 saturated carbocycles. The molecule has 0 spiro atoms. The quantitative estimate of drug-likeness (QED) is 0.354. The molecule has 0 unspecified atom stereocenters. The van der Waals surface area contributed by atoms with Crippen LogP contribution >= 0.6 is 0 Å². The van der Waals surface area contributed by atoms with Gasteiger partial charge in [0.2, 0.25) is 0 Å². The fourth-order valence-electron chi connectivity index (χ4n) is 5.75. The summed E-state index contributed by atoms with van der Waals surface area (Å²) in [6.45, 7) is 6.96. The van der Waals surface area contributed by atoms with Gasteiger partial charge in [0.25, 0.3) is 5.56 Å². The maximum Gasteiger partial charge on any atom is 0.416 e. The maximum atomic E-state index is 13.6. The van der Waals surface area contributed by atoms with Crippen LogP contribution in [-0.2, 0) is 11.6 Å². The van der Waals surface area contributed by atoms with Crippen LogP contribution < -0.4 is 15.6 Å². The van der Waals surface area contributed by atoms with Crippen molar-refractivity contribution in [2.75, 3.05) is 6.54 Å². The Morgan fingerprint density at radius 1 is 1.14 bits per heavy atom. The van der Waals surface area contributed by atoms with E-state index >= 15 is 0 Å². The minimum atomic E-state index is -4.37. The summed E-state index contributed by atoms with van der Waals surface area (Å²) < 4.78 is 47.1. The number of hydrogen-bond donors (Lipinski definition) is 2. The zero-order valence-electron chi connectivity index (χ0n) is 21.2. The number of alkyl halides is 3. The first kappa shape index (κ1) is 26.3. The normalized spacial score (nSPS) is 21.4. The highest BCUT2D eigenvalue weighted by atomic mass is 19.4. The van der Waals surface area contributed by atoms with Crippen LogP contribution in [0.15, 0.2) is 53.5 Å². The highest BCUT2D eigenvalue weighted by molar-refractivity contribution is 5.83. The smallest absolute Gasteiger partial charge is 0.416 e. The Morgan fingerprint density at radius 2 is 1.89 bits per heavy atom. The lowest BCUT2D eigenvalue weighted by Crippen LogP contribution is -2.51. The minimum Gasteiger partial charge on any atom is -0.490 e. The molecule has 1 heterocycles. The summed E-state index contributed by atoms with van der Waals surface area (Å²) in [6, 6.07) is 11.6. The van der Waals surface area contributed by atoms with E-state index in [0.717, 1.165) is 73.4 Å². The second-order valence-electron chi connectivity index (χ2n) is 9.98. The van der Waals surface area contributed by atoms with Crippen molar-refractivity contribution in [2.24, 2.45) is 0 Å². The Balaban J connectivity index is 1.60. The molecule has 7 heteroatoms. The first-order chi connectivity index (χ1) is 17.2. The van der Waals surface area contributed by atoms with E-state index in [0.29, 0.717) is 5.39 Å². The third-order valence-corrected chi connectivity index (χ3v) is 7.67. The van der Waals surface area contributed by atoms with E-state index in [1.807, 2.05) is 31.2 Å². The van der Waals surface area contributed by atoms with Crippen LogP contribution in [0.5, 0.6) is 5.75 Å².